The highest BCUT2D eigenvalue weighted by Gasteiger charge is 2.44. The zero-order chi connectivity index (χ0) is 13.9. The van der Waals surface area contributed by atoms with E-state index in [1.165, 1.54) is 6.07 Å². The van der Waals surface area contributed by atoms with Crippen molar-refractivity contribution in [2.45, 2.75) is 20.3 Å². The Morgan fingerprint density at radius 1 is 1.53 bits per heavy atom. The second kappa shape index (κ2) is 5.70. The molecular formula is C15H20FNO2. The summed E-state index contributed by atoms with van der Waals surface area (Å²) in [5.74, 6) is -0.614. The van der Waals surface area contributed by atoms with Crippen molar-refractivity contribution in [2.24, 2.45) is 11.3 Å². The van der Waals surface area contributed by atoms with Crippen LogP contribution in [0.4, 0.5) is 4.39 Å². The van der Waals surface area contributed by atoms with Crippen LogP contribution in [0.3, 0.4) is 0 Å². The second-order valence-corrected chi connectivity index (χ2v) is 5.36. The number of esters is 1. The van der Waals surface area contributed by atoms with Crippen LogP contribution in [0.1, 0.15) is 19.4 Å². The van der Waals surface area contributed by atoms with E-state index in [1.807, 2.05) is 13.0 Å². The van der Waals surface area contributed by atoms with Gasteiger partial charge in [-0.1, -0.05) is 25.1 Å². The third kappa shape index (κ3) is 2.95. The Balaban J connectivity index is 2.17. The molecule has 2 unspecified atom stereocenters. The Morgan fingerprint density at radius 3 is 2.95 bits per heavy atom. The fraction of sp³-hybridized carbons (Fsp3) is 0.533. The molecule has 2 atom stereocenters. The number of halogens is 1. The number of benzene rings is 1. The molecule has 1 aromatic carbocycles. The maximum Gasteiger partial charge on any atom is 0.310 e. The van der Waals surface area contributed by atoms with E-state index in [4.69, 9.17) is 4.74 Å². The highest BCUT2D eigenvalue weighted by Crippen LogP contribution is 2.36. The van der Waals surface area contributed by atoms with Crippen molar-refractivity contribution in [3.05, 3.63) is 35.6 Å². The molecule has 0 amide bonds. The van der Waals surface area contributed by atoms with Crippen molar-refractivity contribution in [1.82, 2.24) is 5.32 Å². The van der Waals surface area contributed by atoms with E-state index in [9.17, 15) is 9.18 Å². The van der Waals surface area contributed by atoms with Gasteiger partial charge < -0.3 is 10.1 Å². The largest absolute Gasteiger partial charge is 0.466 e. The van der Waals surface area contributed by atoms with Crippen LogP contribution in [0.2, 0.25) is 0 Å². The molecule has 0 radical (unpaired) electrons. The van der Waals surface area contributed by atoms with E-state index < -0.39 is 0 Å². The molecule has 0 aliphatic carbocycles. The smallest absolute Gasteiger partial charge is 0.310 e. The first-order valence-corrected chi connectivity index (χ1v) is 6.67. The number of carbonyl (C=O) groups is 1. The van der Waals surface area contributed by atoms with E-state index in [0.717, 1.165) is 0 Å². The van der Waals surface area contributed by atoms with Crippen LogP contribution in [0.5, 0.6) is 0 Å². The summed E-state index contributed by atoms with van der Waals surface area (Å²) in [6.45, 7) is 5.50. The third-order valence-electron chi connectivity index (χ3n) is 3.84. The van der Waals surface area contributed by atoms with E-state index in [0.29, 0.717) is 31.7 Å². The lowest BCUT2D eigenvalue weighted by Crippen LogP contribution is -2.35. The van der Waals surface area contributed by atoms with Gasteiger partial charge in [0.25, 0.3) is 0 Å². The van der Waals surface area contributed by atoms with Crippen molar-refractivity contribution >= 4 is 5.97 Å². The minimum atomic E-state index is -0.297. The van der Waals surface area contributed by atoms with Gasteiger partial charge in [0, 0.05) is 13.1 Å². The molecule has 0 spiro atoms. The first-order valence-electron chi connectivity index (χ1n) is 6.67. The van der Waals surface area contributed by atoms with Crippen molar-refractivity contribution in [1.29, 1.82) is 0 Å². The number of hydrogen-bond acceptors (Lipinski definition) is 3. The summed E-state index contributed by atoms with van der Waals surface area (Å²) in [6.07, 6.45) is 0.538. The van der Waals surface area contributed by atoms with Gasteiger partial charge in [-0.15, -0.1) is 0 Å². The Kier molecular flexibility index (Phi) is 4.20. The summed E-state index contributed by atoms with van der Waals surface area (Å²) in [6, 6.07) is 6.74. The van der Waals surface area contributed by atoms with E-state index >= 15 is 0 Å². The molecule has 1 saturated heterocycles. The van der Waals surface area contributed by atoms with Crippen LogP contribution >= 0.6 is 0 Å². The summed E-state index contributed by atoms with van der Waals surface area (Å²) in [4.78, 5) is 12.0. The average Bonchev–Trinajstić information content (AvgIpc) is 2.74. The maximum absolute atomic E-state index is 13.8. The Hall–Kier alpha value is -1.42. The molecule has 1 N–H and O–H groups in total. The molecular weight excluding hydrogens is 245 g/mol. The third-order valence-corrected chi connectivity index (χ3v) is 3.84. The average molecular weight is 265 g/mol. The highest BCUT2D eigenvalue weighted by atomic mass is 19.1. The van der Waals surface area contributed by atoms with Gasteiger partial charge in [-0.05, 0) is 30.4 Å². The fourth-order valence-electron chi connectivity index (χ4n) is 2.74. The molecule has 3 nitrogen and oxygen atoms in total. The van der Waals surface area contributed by atoms with E-state index in [1.54, 1.807) is 19.1 Å². The normalized spacial score (nSPS) is 26.4. The lowest BCUT2D eigenvalue weighted by molar-refractivity contribution is -0.150. The molecule has 104 valence electrons. The first kappa shape index (κ1) is 14.0. The standard InChI is InChI=1S/C15H20FNO2/c1-3-19-14(18)12-9-17-10-15(12,2)8-11-6-4-5-7-13(11)16/h4-7,12,17H,3,8-10H2,1-2H3. The van der Waals surface area contributed by atoms with Crippen LogP contribution in [0.25, 0.3) is 0 Å². The van der Waals surface area contributed by atoms with Crippen LogP contribution < -0.4 is 5.32 Å². The second-order valence-electron chi connectivity index (χ2n) is 5.36. The van der Waals surface area contributed by atoms with Crippen molar-refractivity contribution in [3.63, 3.8) is 0 Å². The van der Waals surface area contributed by atoms with Gasteiger partial charge in [-0.3, -0.25) is 4.79 Å². The molecule has 19 heavy (non-hydrogen) atoms. The van der Waals surface area contributed by atoms with Crippen molar-refractivity contribution in [3.8, 4) is 0 Å². The van der Waals surface area contributed by atoms with Gasteiger partial charge in [0.05, 0.1) is 12.5 Å². The monoisotopic (exact) mass is 265 g/mol. The van der Waals surface area contributed by atoms with Gasteiger partial charge in [0.2, 0.25) is 0 Å². The molecule has 1 heterocycles. The quantitative estimate of drug-likeness (QED) is 0.848. The minimum Gasteiger partial charge on any atom is -0.466 e. The summed E-state index contributed by atoms with van der Waals surface area (Å²) in [7, 11) is 0. The Labute approximate surface area is 113 Å². The molecule has 1 aliphatic heterocycles. The fourth-order valence-corrected chi connectivity index (χ4v) is 2.74. The SMILES string of the molecule is CCOC(=O)C1CNCC1(C)Cc1ccccc1F. The summed E-state index contributed by atoms with van der Waals surface area (Å²) in [5, 5.41) is 3.22. The Morgan fingerprint density at radius 2 is 2.26 bits per heavy atom. The zero-order valence-corrected chi connectivity index (χ0v) is 11.4. The predicted octanol–water partition coefficient (Wildman–Crippen LogP) is 2.16. The summed E-state index contributed by atoms with van der Waals surface area (Å²) < 4.78 is 18.9. The van der Waals surface area contributed by atoms with Crippen LogP contribution in [0.15, 0.2) is 24.3 Å². The topological polar surface area (TPSA) is 38.3 Å². The number of ether oxygens (including phenoxy) is 1. The van der Waals surface area contributed by atoms with Gasteiger partial charge in [-0.2, -0.15) is 0 Å². The molecule has 4 heteroatoms. The molecule has 0 bridgehead atoms. The van der Waals surface area contributed by atoms with Gasteiger partial charge >= 0.3 is 5.97 Å². The van der Waals surface area contributed by atoms with Crippen LogP contribution in [-0.2, 0) is 16.0 Å². The molecule has 1 fully saturated rings. The molecule has 0 saturated carbocycles. The molecule has 0 aromatic heterocycles. The van der Waals surface area contributed by atoms with Gasteiger partial charge in [-0.25, -0.2) is 4.39 Å². The number of rotatable bonds is 4. The van der Waals surface area contributed by atoms with Gasteiger partial charge in [0.15, 0.2) is 0 Å². The summed E-state index contributed by atoms with van der Waals surface area (Å²) >= 11 is 0. The van der Waals surface area contributed by atoms with Gasteiger partial charge in [0.1, 0.15) is 5.82 Å². The highest BCUT2D eigenvalue weighted by molar-refractivity contribution is 5.74. The maximum atomic E-state index is 13.8. The molecule has 2 rings (SSSR count). The zero-order valence-electron chi connectivity index (χ0n) is 11.4. The van der Waals surface area contributed by atoms with E-state index in [-0.39, 0.29) is 23.1 Å². The van der Waals surface area contributed by atoms with Crippen molar-refractivity contribution < 1.29 is 13.9 Å². The van der Waals surface area contributed by atoms with Crippen molar-refractivity contribution in [2.75, 3.05) is 19.7 Å². The predicted molar refractivity (Wildman–Crippen MR) is 71.2 cm³/mol. The Bertz CT molecular complexity index is 463. The van der Waals surface area contributed by atoms with Crippen LogP contribution in [0, 0.1) is 17.2 Å². The number of nitrogens with one attached hydrogen (secondary N) is 1. The first-order chi connectivity index (χ1) is 9.07. The van der Waals surface area contributed by atoms with Crippen LogP contribution in [-0.4, -0.2) is 25.7 Å². The lowest BCUT2D eigenvalue weighted by atomic mass is 9.75. The summed E-state index contributed by atoms with van der Waals surface area (Å²) in [5.41, 5.74) is 0.358. The van der Waals surface area contributed by atoms with E-state index in [2.05, 4.69) is 5.32 Å². The number of carbonyl (C=O) groups excluding carboxylic acids is 1. The minimum absolute atomic E-state index is 0.189. The molecule has 1 aromatic rings. The number of hydrogen-bond donors (Lipinski definition) is 1. The lowest BCUT2D eigenvalue weighted by Gasteiger charge is -2.29. The molecule has 1 aliphatic rings.